The molecule has 40 heavy (non-hydrogen) atoms. The van der Waals surface area contributed by atoms with E-state index >= 15 is 0 Å². The first kappa shape index (κ1) is 30.6. The van der Waals surface area contributed by atoms with Crippen molar-refractivity contribution < 1.29 is 28.5 Å². The third-order valence-corrected chi connectivity index (χ3v) is 12.4. The Hall–Kier alpha value is -2.36. The van der Waals surface area contributed by atoms with Gasteiger partial charge < -0.3 is 28.5 Å². The van der Waals surface area contributed by atoms with Crippen molar-refractivity contribution >= 4 is 8.32 Å². The molecule has 1 aliphatic heterocycles. The highest BCUT2D eigenvalue weighted by atomic mass is 28.4. The van der Waals surface area contributed by atoms with Crippen molar-refractivity contribution in [3.8, 4) is 0 Å². The maximum absolute atomic E-state index is 11.3. The number of ether oxygens (including phenoxy) is 4. The Kier molecular flexibility index (Phi) is 10.7. The van der Waals surface area contributed by atoms with E-state index in [-0.39, 0.29) is 5.04 Å². The molecule has 5 atom stereocenters. The van der Waals surface area contributed by atoms with Crippen LogP contribution >= 0.6 is 0 Å². The van der Waals surface area contributed by atoms with Gasteiger partial charge in [0.25, 0.3) is 0 Å². The first-order valence-corrected chi connectivity index (χ1v) is 17.0. The summed E-state index contributed by atoms with van der Waals surface area (Å²) in [4.78, 5) is 0. The minimum Gasteiger partial charge on any atom is -0.414 e. The SMILES string of the molecule is CC(C)(C)[Si](C)(C)OC[C@@H]1O[C@H](O)[C@@H](OCc2ccccc2)[C@H](OCc2ccccc2)[C@H]1OCc1ccccc1. The molecular formula is C33H44O6Si. The third kappa shape index (κ3) is 8.33. The van der Waals surface area contributed by atoms with Crippen LogP contribution in [0.25, 0.3) is 0 Å². The lowest BCUT2D eigenvalue weighted by Crippen LogP contribution is -2.61. The summed E-state index contributed by atoms with van der Waals surface area (Å²) in [6.45, 7) is 12.4. The Balaban J connectivity index is 1.60. The molecule has 0 saturated carbocycles. The van der Waals surface area contributed by atoms with Crippen molar-refractivity contribution in [2.45, 2.75) is 89.4 Å². The van der Waals surface area contributed by atoms with Gasteiger partial charge in [0, 0.05) is 0 Å². The van der Waals surface area contributed by atoms with Gasteiger partial charge in [-0.15, -0.1) is 0 Å². The van der Waals surface area contributed by atoms with Gasteiger partial charge in [0.15, 0.2) is 14.6 Å². The fraction of sp³-hybridized carbons (Fsp3) is 0.455. The maximum atomic E-state index is 11.3. The molecule has 0 spiro atoms. The summed E-state index contributed by atoms with van der Waals surface area (Å²) in [7, 11) is -2.09. The van der Waals surface area contributed by atoms with E-state index < -0.39 is 39.0 Å². The Morgan fingerprint density at radius 1 is 0.650 bits per heavy atom. The summed E-state index contributed by atoms with van der Waals surface area (Å²) in [5, 5.41) is 11.3. The average Bonchev–Trinajstić information content (AvgIpc) is 2.95. The van der Waals surface area contributed by atoms with Crippen molar-refractivity contribution in [1.82, 2.24) is 0 Å². The van der Waals surface area contributed by atoms with Gasteiger partial charge in [0.1, 0.15) is 24.4 Å². The standard InChI is InChI=1S/C33H44O6Si/c1-33(2,3)40(4,5)38-24-28-29(35-21-25-15-9-6-10-16-25)30(36-22-26-17-11-7-12-18-26)31(32(34)39-28)37-23-27-19-13-8-14-20-27/h6-20,28-32,34H,21-24H2,1-5H3/t28-,29-,30+,31-,32-/m0/s1. The van der Waals surface area contributed by atoms with Crippen molar-refractivity contribution in [2.24, 2.45) is 0 Å². The van der Waals surface area contributed by atoms with Crippen molar-refractivity contribution in [3.63, 3.8) is 0 Å². The molecular weight excluding hydrogens is 520 g/mol. The average molecular weight is 565 g/mol. The quantitative estimate of drug-likeness (QED) is 0.254. The van der Waals surface area contributed by atoms with E-state index in [1.807, 2.05) is 91.0 Å². The largest absolute Gasteiger partial charge is 0.414 e. The Bertz CT molecular complexity index is 1140. The second kappa shape index (κ2) is 14.0. The van der Waals surface area contributed by atoms with Gasteiger partial charge in [-0.25, -0.2) is 0 Å². The molecule has 3 aromatic carbocycles. The first-order valence-electron chi connectivity index (χ1n) is 14.1. The monoisotopic (exact) mass is 564 g/mol. The lowest BCUT2D eigenvalue weighted by molar-refractivity contribution is -0.314. The molecule has 216 valence electrons. The van der Waals surface area contributed by atoms with Gasteiger partial charge in [0.05, 0.1) is 26.4 Å². The molecule has 1 aliphatic rings. The zero-order chi connectivity index (χ0) is 28.6. The van der Waals surface area contributed by atoms with E-state index in [2.05, 4.69) is 33.9 Å². The molecule has 6 nitrogen and oxygen atoms in total. The normalized spacial score (nSPS) is 23.7. The van der Waals surface area contributed by atoms with Gasteiger partial charge >= 0.3 is 0 Å². The molecule has 7 heteroatoms. The molecule has 0 bridgehead atoms. The summed E-state index contributed by atoms with van der Waals surface area (Å²) in [6.07, 6.45) is -3.62. The van der Waals surface area contributed by atoms with Crippen LogP contribution in [-0.4, -0.2) is 50.7 Å². The summed E-state index contributed by atoms with van der Waals surface area (Å²) in [6, 6.07) is 29.9. The summed E-state index contributed by atoms with van der Waals surface area (Å²) in [5.74, 6) is 0. The van der Waals surface area contributed by atoms with E-state index in [0.29, 0.717) is 26.4 Å². The molecule has 1 fully saturated rings. The number of aliphatic hydroxyl groups is 1. The number of rotatable bonds is 12. The van der Waals surface area contributed by atoms with Crippen LogP contribution in [0.5, 0.6) is 0 Å². The topological polar surface area (TPSA) is 66.4 Å². The van der Waals surface area contributed by atoms with Gasteiger partial charge in [-0.3, -0.25) is 0 Å². The van der Waals surface area contributed by atoms with Gasteiger partial charge in [0.2, 0.25) is 0 Å². The third-order valence-electron chi connectivity index (χ3n) is 7.88. The molecule has 0 aromatic heterocycles. The van der Waals surface area contributed by atoms with Crippen molar-refractivity contribution in [3.05, 3.63) is 108 Å². The highest BCUT2D eigenvalue weighted by Crippen LogP contribution is 2.38. The van der Waals surface area contributed by atoms with Crippen LogP contribution in [0, 0.1) is 0 Å². The highest BCUT2D eigenvalue weighted by Gasteiger charge is 2.49. The Morgan fingerprint density at radius 3 is 1.48 bits per heavy atom. The van der Waals surface area contributed by atoms with Crippen molar-refractivity contribution in [2.75, 3.05) is 6.61 Å². The minimum atomic E-state index is -2.09. The van der Waals surface area contributed by atoms with Gasteiger partial charge in [-0.05, 0) is 34.8 Å². The fourth-order valence-corrected chi connectivity index (χ4v) is 5.42. The highest BCUT2D eigenvalue weighted by molar-refractivity contribution is 6.74. The number of benzene rings is 3. The lowest BCUT2D eigenvalue weighted by atomic mass is 9.98. The summed E-state index contributed by atoms with van der Waals surface area (Å²) in [5.41, 5.74) is 3.07. The predicted molar refractivity (Wildman–Crippen MR) is 159 cm³/mol. The van der Waals surface area contributed by atoms with Crippen LogP contribution in [-0.2, 0) is 43.2 Å². The number of hydrogen-bond donors (Lipinski definition) is 1. The lowest BCUT2D eigenvalue weighted by Gasteiger charge is -2.46. The Labute approximate surface area is 240 Å². The fourth-order valence-electron chi connectivity index (χ4n) is 4.40. The summed E-state index contributed by atoms with van der Waals surface area (Å²) < 4.78 is 32.2. The van der Waals surface area contributed by atoms with Crippen LogP contribution in [0.4, 0.5) is 0 Å². The molecule has 4 rings (SSSR count). The molecule has 1 heterocycles. The minimum absolute atomic E-state index is 0.0330. The molecule has 1 N–H and O–H groups in total. The van der Waals surface area contributed by atoms with E-state index in [9.17, 15) is 5.11 Å². The first-order chi connectivity index (χ1) is 19.1. The van der Waals surface area contributed by atoms with Crippen LogP contribution in [0.3, 0.4) is 0 Å². The molecule has 0 aliphatic carbocycles. The van der Waals surface area contributed by atoms with E-state index in [1.165, 1.54) is 0 Å². The van der Waals surface area contributed by atoms with Gasteiger partial charge in [-0.2, -0.15) is 0 Å². The predicted octanol–water partition coefficient (Wildman–Crippen LogP) is 6.48. The zero-order valence-corrected chi connectivity index (χ0v) is 25.4. The van der Waals surface area contributed by atoms with Crippen LogP contribution in [0.15, 0.2) is 91.0 Å². The van der Waals surface area contributed by atoms with E-state index in [4.69, 9.17) is 23.4 Å². The molecule has 0 amide bonds. The Morgan fingerprint density at radius 2 is 1.05 bits per heavy atom. The summed E-state index contributed by atoms with van der Waals surface area (Å²) >= 11 is 0. The molecule has 0 unspecified atom stereocenters. The smallest absolute Gasteiger partial charge is 0.192 e. The van der Waals surface area contributed by atoms with Gasteiger partial charge in [-0.1, -0.05) is 112 Å². The molecule has 0 radical (unpaired) electrons. The van der Waals surface area contributed by atoms with Crippen LogP contribution in [0.2, 0.25) is 18.1 Å². The molecule has 3 aromatic rings. The number of hydrogen-bond acceptors (Lipinski definition) is 6. The molecule has 1 saturated heterocycles. The maximum Gasteiger partial charge on any atom is 0.192 e. The van der Waals surface area contributed by atoms with Crippen LogP contribution in [0.1, 0.15) is 37.5 Å². The van der Waals surface area contributed by atoms with Crippen molar-refractivity contribution in [1.29, 1.82) is 0 Å². The number of aliphatic hydroxyl groups excluding tert-OH is 1. The van der Waals surface area contributed by atoms with E-state index in [0.717, 1.165) is 16.7 Å². The second-order valence-electron chi connectivity index (χ2n) is 11.9. The zero-order valence-electron chi connectivity index (χ0n) is 24.4. The van der Waals surface area contributed by atoms with Crippen LogP contribution < -0.4 is 0 Å². The second-order valence-corrected chi connectivity index (χ2v) is 16.7. The van der Waals surface area contributed by atoms with E-state index in [1.54, 1.807) is 0 Å².